The summed E-state index contributed by atoms with van der Waals surface area (Å²) in [6, 6.07) is 132. The zero-order valence-electron chi connectivity index (χ0n) is 77.7. The minimum absolute atomic E-state index is 0.173. The summed E-state index contributed by atoms with van der Waals surface area (Å²) >= 11 is 0. The molecule has 4 saturated heterocycles. The molecule has 20 atom stereocenters. The lowest BCUT2D eigenvalue weighted by Gasteiger charge is -2.49. The number of methoxy groups -OCH3 is 1. The first-order valence-corrected chi connectivity index (χ1v) is 48.0. The van der Waals surface area contributed by atoms with Crippen molar-refractivity contribution < 1.29 is 85.3 Å². The highest BCUT2D eigenvalue weighted by Gasteiger charge is 2.55. The van der Waals surface area contributed by atoms with E-state index in [2.05, 4.69) is 133 Å². The smallest absolute Gasteiger partial charge is 0.187 e. The fourth-order valence-electron chi connectivity index (χ4n) is 18.4. The van der Waals surface area contributed by atoms with Gasteiger partial charge in [0.2, 0.25) is 0 Å². The average Bonchev–Trinajstić information content (AvgIpc) is 0.777. The molecule has 137 heavy (non-hydrogen) atoms. The van der Waals surface area contributed by atoms with Crippen molar-refractivity contribution in [3.8, 4) is 11.8 Å². The van der Waals surface area contributed by atoms with Crippen LogP contribution in [0.5, 0.6) is 0 Å². The Bertz CT molecular complexity index is 5580. The van der Waals surface area contributed by atoms with Gasteiger partial charge < -0.3 is 85.3 Å². The molecule has 4 heterocycles. The summed E-state index contributed by atoms with van der Waals surface area (Å²) in [4.78, 5) is 0. The van der Waals surface area contributed by atoms with Crippen LogP contribution in [0.3, 0.4) is 0 Å². The minimum Gasteiger partial charge on any atom is -0.374 e. The van der Waals surface area contributed by atoms with Gasteiger partial charge in [-0.15, -0.1) is 0 Å². The van der Waals surface area contributed by atoms with Crippen molar-refractivity contribution >= 4 is 0 Å². The Labute approximate surface area is 806 Å². The summed E-state index contributed by atoms with van der Waals surface area (Å²) in [5, 5.41) is 0. The molecule has 0 saturated carbocycles. The maximum Gasteiger partial charge on any atom is 0.187 e. The second kappa shape index (κ2) is 52.5. The molecule has 0 bridgehead atoms. The second-order valence-corrected chi connectivity index (χ2v) is 35.3. The van der Waals surface area contributed by atoms with Crippen molar-refractivity contribution in [2.24, 2.45) is 0 Å². The first-order valence-electron chi connectivity index (χ1n) is 48.0. The topological polar surface area (TPSA) is 166 Å². The maximum atomic E-state index is 8.10. The third kappa shape index (κ3) is 28.7. The average molecular weight is 1840 g/mol. The molecule has 0 N–H and O–H groups in total. The van der Waals surface area contributed by atoms with E-state index in [0.717, 1.165) is 72.3 Å². The Kier molecular flexibility index (Phi) is 37.3. The molecule has 708 valence electrons. The van der Waals surface area contributed by atoms with Crippen LogP contribution in [-0.4, -0.2) is 136 Å². The highest BCUT2D eigenvalue weighted by atomic mass is 16.7. The van der Waals surface area contributed by atoms with E-state index in [1.165, 1.54) is 0 Å². The lowest BCUT2D eigenvalue weighted by molar-refractivity contribution is -0.307. The fraction of sp³-hybridized carbons (Fsp3) is 0.328. The van der Waals surface area contributed by atoms with Gasteiger partial charge in [0.1, 0.15) is 91.6 Å². The summed E-state index contributed by atoms with van der Waals surface area (Å²) in [6.07, 6.45) is -14.7. The molecule has 1 unspecified atom stereocenters. The van der Waals surface area contributed by atoms with Gasteiger partial charge in [-0.05, 0) is 98.0 Å². The molecule has 17 rings (SSSR count). The van der Waals surface area contributed by atoms with E-state index in [4.69, 9.17) is 85.3 Å². The van der Waals surface area contributed by atoms with Gasteiger partial charge in [-0.3, -0.25) is 0 Å². The van der Waals surface area contributed by atoms with Crippen LogP contribution >= 0.6 is 0 Å². The van der Waals surface area contributed by atoms with E-state index >= 15 is 0 Å². The zero-order chi connectivity index (χ0) is 92.9. The Morgan fingerprint density at radius 2 is 0.343 bits per heavy atom. The normalized spacial score (nSPS) is 24.9. The maximum absolute atomic E-state index is 8.10. The lowest BCUT2D eigenvalue weighted by Crippen LogP contribution is -2.62. The fourth-order valence-corrected chi connectivity index (χ4v) is 18.4. The highest BCUT2D eigenvalue weighted by molar-refractivity contribution is 5.27. The molecule has 4 aliphatic rings. The van der Waals surface area contributed by atoms with E-state index in [0.29, 0.717) is 32.3 Å². The molecule has 4 fully saturated rings. The van der Waals surface area contributed by atoms with Gasteiger partial charge in [0.25, 0.3) is 0 Å². The van der Waals surface area contributed by atoms with Gasteiger partial charge in [-0.1, -0.05) is 406 Å². The van der Waals surface area contributed by atoms with Crippen LogP contribution < -0.4 is 0 Å². The molecule has 0 aromatic heterocycles. The SMILES string of the molecule is CO[C@@H]1O[C@H](C#CC2O[C@H](CC[C@@H]3O[C@H](CC[C@@H]4O[C@H](COCc5ccccc5)[C@H](OCc5ccccc5)[C@H](OCc5ccccc5)[C@H]4OCc4ccccc4)[C@H](OCc4ccccc4)[C@H](OCc4ccccc4)[C@H]3OCc3ccccc3)[C@H](OCc3ccccc3)[C@H](OCc3ccccc3)[C@H]2OCc2ccccc2)[C@H](OCc2ccccc2)[C@H](OCc2ccccc2)[C@H]1OCc1ccccc1. The number of ether oxygens (including phenoxy) is 18. The van der Waals surface area contributed by atoms with Crippen LogP contribution in [0.2, 0.25) is 0 Å². The van der Waals surface area contributed by atoms with Crippen molar-refractivity contribution in [3.05, 3.63) is 467 Å². The number of benzene rings is 13. The third-order valence-electron chi connectivity index (χ3n) is 25.5. The molecule has 13 aromatic carbocycles. The predicted octanol–water partition coefficient (Wildman–Crippen LogP) is 21.5. The minimum atomic E-state index is -1.04. The quantitative estimate of drug-likeness (QED) is 0.0330. The molecular formula is C119H124O18. The largest absolute Gasteiger partial charge is 0.374 e. The third-order valence-corrected chi connectivity index (χ3v) is 25.5. The van der Waals surface area contributed by atoms with Gasteiger partial charge in [-0.2, -0.15) is 0 Å². The van der Waals surface area contributed by atoms with Crippen molar-refractivity contribution in [3.63, 3.8) is 0 Å². The number of rotatable bonds is 47. The zero-order valence-corrected chi connectivity index (χ0v) is 77.7. The Balaban J connectivity index is 0.776. The standard InChI is InChI=1S/C119H124O18/c1-120-119-118(133-85-99-65-39-14-40-66-99)117(132-84-98-63-37-13-38-64-98)112(127-79-93-53-27-8-28-54-93)105(137-119)72-71-103-110(125-77-91-49-23-6-24-50-91)115(130-82-96-59-33-11-34-60-96)108(123-75-89-45-19-4-20-46-89)101(135-103)68-67-100-107(122-74-88-43-17-3-18-44-88)114(129-81-95-57-31-10-32-58-95)109(124-76-90-47-21-5-22-48-90)102(134-100)69-70-104-111(126-78-92-51-25-7-26-52-92)116(131-83-97-61-35-12-36-62-97)113(128-80-94-55-29-9-30-56-94)106(136-104)86-121-73-87-41-15-2-16-42-87/h2-66,100-119H,67-70,73-86H2,1H3/t100-,101+,102+,103?,104-,105+,106+,107-,108-,109-,110-,111-,112-,113-,114+,115-,116+,117-,118+,119+/m0/s1. The first kappa shape index (κ1) is 97.3. The van der Waals surface area contributed by atoms with E-state index in [-0.39, 0.29) is 85.9 Å². The predicted molar refractivity (Wildman–Crippen MR) is 524 cm³/mol. The molecule has 0 amide bonds. The van der Waals surface area contributed by atoms with Gasteiger partial charge in [0, 0.05) is 7.11 Å². The molecule has 0 spiro atoms. The van der Waals surface area contributed by atoms with Crippen LogP contribution in [0.1, 0.15) is 98.0 Å². The van der Waals surface area contributed by atoms with Crippen LogP contribution in [0, 0.1) is 11.8 Å². The second-order valence-electron chi connectivity index (χ2n) is 35.3. The van der Waals surface area contributed by atoms with Crippen LogP contribution in [0.25, 0.3) is 0 Å². The van der Waals surface area contributed by atoms with Crippen molar-refractivity contribution in [1.29, 1.82) is 0 Å². The van der Waals surface area contributed by atoms with Gasteiger partial charge in [-0.25, -0.2) is 0 Å². The van der Waals surface area contributed by atoms with Crippen molar-refractivity contribution in [1.82, 2.24) is 0 Å². The lowest BCUT2D eigenvalue weighted by atomic mass is 9.85. The van der Waals surface area contributed by atoms with E-state index in [1.54, 1.807) is 7.11 Å². The summed E-state index contributed by atoms with van der Waals surface area (Å²) in [5.74, 6) is 7.41. The first-order chi connectivity index (χ1) is 67.9. The van der Waals surface area contributed by atoms with Gasteiger partial charge in [0.05, 0.1) is 117 Å². The Morgan fingerprint density at radius 3 is 0.577 bits per heavy atom. The Hall–Kier alpha value is -11.3. The summed E-state index contributed by atoms with van der Waals surface area (Å²) in [5.41, 5.74) is 12.6. The summed E-state index contributed by atoms with van der Waals surface area (Å²) < 4.78 is 133. The van der Waals surface area contributed by atoms with Crippen molar-refractivity contribution in [2.45, 2.75) is 234 Å². The molecule has 18 heteroatoms. The van der Waals surface area contributed by atoms with Gasteiger partial charge in [0.15, 0.2) is 6.29 Å². The van der Waals surface area contributed by atoms with Crippen LogP contribution in [0.15, 0.2) is 394 Å². The van der Waals surface area contributed by atoms with Gasteiger partial charge >= 0.3 is 0 Å². The van der Waals surface area contributed by atoms with Crippen molar-refractivity contribution in [2.75, 3.05) is 13.7 Å². The number of hydrogen-bond acceptors (Lipinski definition) is 18. The van der Waals surface area contributed by atoms with Crippen LogP contribution in [-0.2, 0) is 171 Å². The molecule has 0 aliphatic carbocycles. The monoisotopic (exact) mass is 1840 g/mol. The molecule has 4 aliphatic heterocycles. The number of hydrogen-bond donors (Lipinski definition) is 0. The highest BCUT2D eigenvalue weighted by Crippen LogP contribution is 2.42. The molecule has 0 radical (unpaired) electrons. The molecular weight excluding hydrogens is 1720 g/mol. The molecule has 18 nitrogen and oxygen atoms in total. The van der Waals surface area contributed by atoms with E-state index in [9.17, 15) is 0 Å². The summed E-state index contributed by atoms with van der Waals surface area (Å²) in [6.45, 7) is 3.19. The van der Waals surface area contributed by atoms with Crippen LogP contribution in [0.4, 0.5) is 0 Å². The van der Waals surface area contributed by atoms with E-state index < -0.39 is 122 Å². The van der Waals surface area contributed by atoms with E-state index in [1.807, 2.05) is 273 Å². The Morgan fingerprint density at radius 1 is 0.175 bits per heavy atom. The molecule has 13 aromatic rings. The summed E-state index contributed by atoms with van der Waals surface area (Å²) in [7, 11) is 1.62.